The van der Waals surface area contributed by atoms with Crippen LogP contribution >= 0.6 is 0 Å². The summed E-state index contributed by atoms with van der Waals surface area (Å²) in [4.78, 5) is 0. The van der Waals surface area contributed by atoms with Crippen LogP contribution in [0, 0.1) is 11.3 Å². The third-order valence-electron chi connectivity index (χ3n) is 2.54. The Morgan fingerprint density at radius 3 is 2.00 bits per heavy atom. The zero-order chi connectivity index (χ0) is 9.61. The van der Waals surface area contributed by atoms with Crippen LogP contribution in [0.3, 0.4) is 0 Å². The summed E-state index contributed by atoms with van der Waals surface area (Å²) in [6.45, 7) is 11.5. The molecule has 0 nitrogen and oxygen atoms in total. The minimum atomic E-state index is 0.465. The number of hydrogen-bond acceptors (Lipinski definition) is 0. The van der Waals surface area contributed by atoms with E-state index in [2.05, 4.69) is 46.8 Å². The highest BCUT2D eigenvalue weighted by Gasteiger charge is 2.20. The molecule has 0 heterocycles. The molecule has 1 unspecified atom stereocenters. The molecule has 0 aliphatic carbocycles. The third kappa shape index (κ3) is 4.58. The monoisotopic (exact) mass is 168 g/mol. The molecule has 0 aromatic heterocycles. The molecule has 0 spiro atoms. The van der Waals surface area contributed by atoms with E-state index in [0.717, 1.165) is 5.92 Å². The highest BCUT2D eigenvalue weighted by Crippen LogP contribution is 2.31. The second-order valence-electron chi connectivity index (χ2n) is 4.59. The quantitative estimate of drug-likeness (QED) is 0.545. The van der Waals surface area contributed by atoms with Crippen LogP contribution in [0.5, 0.6) is 0 Å². The molecule has 0 saturated heterocycles. The van der Waals surface area contributed by atoms with Crippen LogP contribution in [0.1, 0.15) is 53.9 Å². The van der Waals surface area contributed by atoms with Crippen molar-refractivity contribution < 1.29 is 0 Å². The van der Waals surface area contributed by atoms with Crippen molar-refractivity contribution in [3.63, 3.8) is 0 Å². The van der Waals surface area contributed by atoms with Gasteiger partial charge in [0.25, 0.3) is 0 Å². The number of hydrogen-bond donors (Lipinski definition) is 0. The summed E-state index contributed by atoms with van der Waals surface area (Å²) in [5.74, 6) is 0.834. The molecular weight excluding hydrogens is 144 g/mol. The summed E-state index contributed by atoms with van der Waals surface area (Å²) in [6, 6.07) is 0. The van der Waals surface area contributed by atoms with Gasteiger partial charge in [-0.15, -0.1) is 0 Å². The van der Waals surface area contributed by atoms with E-state index < -0.39 is 0 Å². The van der Waals surface area contributed by atoms with Crippen LogP contribution in [0.25, 0.3) is 0 Å². The summed E-state index contributed by atoms with van der Waals surface area (Å²) in [7, 11) is 0. The molecule has 0 aliphatic rings. The lowest BCUT2D eigenvalue weighted by Gasteiger charge is -2.28. The van der Waals surface area contributed by atoms with Gasteiger partial charge in [-0.2, -0.15) is 0 Å². The lowest BCUT2D eigenvalue weighted by molar-refractivity contribution is 0.235. The van der Waals surface area contributed by atoms with E-state index in [4.69, 9.17) is 0 Å². The molecular formula is C12H24. The van der Waals surface area contributed by atoms with Crippen molar-refractivity contribution in [1.29, 1.82) is 0 Å². The first-order valence-electron chi connectivity index (χ1n) is 5.17. The standard InChI is InChI=1S/C12H24/c1-6-8-9-10-11(7-2)12(3,4)5/h8-9,11H,6-7,10H2,1-5H3. The Morgan fingerprint density at radius 1 is 1.08 bits per heavy atom. The van der Waals surface area contributed by atoms with Gasteiger partial charge in [-0.1, -0.05) is 53.2 Å². The van der Waals surface area contributed by atoms with Gasteiger partial charge in [0, 0.05) is 0 Å². The molecule has 12 heavy (non-hydrogen) atoms. The van der Waals surface area contributed by atoms with E-state index in [9.17, 15) is 0 Å². The Morgan fingerprint density at radius 2 is 1.67 bits per heavy atom. The molecule has 0 aromatic rings. The SMILES string of the molecule is CCC=CCC(CC)C(C)(C)C. The second kappa shape index (κ2) is 5.40. The number of rotatable bonds is 4. The first-order chi connectivity index (χ1) is 5.52. The zero-order valence-corrected chi connectivity index (χ0v) is 9.35. The predicted octanol–water partition coefficient (Wildman–Crippen LogP) is 4.42. The van der Waals surface area contributed by atoms with Gasteiger partial charge in [0.1, 0.15) is 0 Å². The van der Waals surface area contributed by atoms with E-state index in [1.54, 1.807) is 0 Å². The topological polar surface area (TPSA) is 0 Å². The van der Waals surface area contributed by atoms with Gasteiger partial charge in [-0.3, -0.25) is 0 Å². The lowest BCUT2D eigenvalue weighted by Crippen LogP contribution is -2.18. The normalized spacial score (nSPS) is 15.4. The third-order valence-corrected chi connectivity index (χ3v) is 2.54. The average molecular weight is 168 g/mol. The van der Waals surface area contributed by atoms with Crippen LogP contribution in [0.2, 0.25) is 0 Å². The fraction of sp³-hybridized carbons (Fsp3) is 0.833. The van der Waals surface area contributed by atoms with Gasteiger partial charge >= 0.3 is 0 Å². The average Bonchev–Trinajstić information content (AvgIpc) is 1.95. The predicted molar refractivity (Wildman–Crippen MR) is 57.3 cm³/mol. The van der Waals surface area contributed by atoms with E-state index >= 15 is 0 Å². The Bertz CT molecular complexity index is 125. The Balaban J connectivity index is 3.92. The van der Waals surface area contributed by atoms with Crippen molar-refractivity contribution in [3.05, 3.63) is 12.2 Å². The van der Waals surface area contributed by atoms with Crippen molar-refractivity contribution in [3.8, 4) is 0 Å². The van der Waals surface area contributed by atoms with Crippen molar-refractivity contribution in [2.24, 2.45) is 11.3 Å². The molecule has 1 atom stereocenters. The fourth-order valence-electron chi connectivity index (χ4n) is 1.56. The van der Waals surface area contributed by atoms with E-state index in [0.29, 0.717) is 5.41 Å². The molecule has 0 radical (unpaired) electrons. The van der Waals surface area contributed by atoms with Crippen molar-refractivity contribution in [2.45, 2.75) is 53.9 Å². The molecule has 0 aromatic carbocycles. The van der Waals surface area contributed by atoms with Crippen LogP contribution < -0.4 is 0 Å². The minimum Gasteiger partial charge on any atom is -0.0888 e. The van der Waals surface area contributed by atoms with Crippen LogP contribution in [-0.4, -0.2) is 0 Å². The Kier molecular flexibility index (Phi) is 5.28. The molecule has 0 N–H and O–H groups in total. The molecule has 0 rings (SSSR count). The molecule has 0 amide bonds. The van der Waals surface area contributed by atoms with Gasteiger partial charge < -0.3 is 0 Å². The minimum absolute atomic E-state index is 0.465. The Hall–Kier alpha value is -0.260. The summed E-state index contributed by atoms with van der Waals surface area (Å²) in [6.07, 6.45) is 8.31. The van der Waals surface area contributed by atoms with Crippen LogP contribution in [0.15, 0.2) is 12.2 Å². The van der Waals surface area contributed by atoms with Gasteiger partial charge in [0.05, 0.1) is 0 Å². The molecule has 0 saturated carbocycles. The van der Waals surface area contributed by atoms with Crippen molar-refractivity contribution >= 4 is 0 Å². The molecule has 0 bridgehead atoms. The fourth-order valence-corrected chi connectivity index (χ4v) is 1.56. The summed E-state index contributed by atoms with van der Waals surface area (Å²) < 4.78 is 0. The van der Waals surface area contributed by atoms with E-state index in [1.165, 1.54) is 19.3 Å². The summed E-state index contributed by atoms with van der Waals surface area (Å²) >= 11 is 0. The van der Waals surface area contributed by atoms with Gasteiger partial charge in [0.2, 0.25) is 0 Å². The first kappa shape index (κ1) is 11.7. The van der Waals surface area contributed by atoms with Gasteiger partial charge in [-0.05, 0) is 24.2 Å². The number of allylic oxidation sites excluding steroid dienone is 2. The lowest BCUT2D eigenvalue weighted by atomic mass is 9.77. The maximum atomic E-state index is 2.33. The zero-order valence-electron chi connectivity index (χ0n) is 9.35. The van der Waals surface area contributed by atoms with E-state index in [1.807, 2.05) is 0 Å². The van der Waals surface area contributed by atoms with E-state index in [-0.39, 0.29) is 0 Å². The van der Waals surface area contributed by atoms with Crippen molar-refractivity contribution in [2.75, 3.05) is 0 Å². The van der Waals surface area contributed by atoms with Gasteiger partial charge in [0.15, 0.2) is 0 Å². The highest BCUT2D eigenvalue weighted by atomic mass is 14.3. The van der Waals surface area contributed by atoms with Crippen molar-refractivity contribution in [1.82, 2.24) is 0 Å². The molecule has 72 valence electrons. The smallest absolute Gasteiger partial charge is 0.0317 e. The van der Waals surface area contributed by atoms with Crippen LogP contribution in [-0.2, 0) is 0 Å². The maximum absolute atomic E-state index is 2.33. The summed E-state index contributed by atoms with van der Waals surface area (Å²) in [5, 5.41) is 0. The largest absolute Gasteiger partial charge is 0.0888 e. The van der Waals surface area contributed by atoms with Crippen LogP contribution in [0.4, 0.5) is 0 Å². The van der Waals surface area contributed by atoms with Gasteiger partial charge in [-0.25, -0.2) is 0 Å². The Labute approximate surface area is 78.1 Å². The second-order valence-corrected chi connectivity index (χ2v) is 4.59. The molecule has 0 aliphatic heterocycles. The maximum Gasteiger partial charge on any atom is -0.0317 e. The first-order valence-corrected chi connectivity index (χ1v) is 5.17. The molecule has 0 fully saturated rings. The highest BCUT2D eigenvalue weighted by molar-refractivity contribution is 4.86. The molecule has 0 heteroatoms. The summed E-state index contributed by atoms with van der Waals surface area (Å²) in [5.41, 5.74) is 0.465.